The molecule has 1 fully saturated rings. The number of fused-ring (bicyclic) bond motifs is 1. The van der Waals surface area contributed by atoms with Crippen molar-refractivity contribution in [2.24, 2.45) is 0 Å². The van der Waals surface area contributed by atoms with Crippen LogP contribution in [0.15, 0.2) is 34.8 Å². The van der Waals surface area contributed by atoms with E-state index < -0.39 is 0 Å². The van der Waals surface area contributed by atoms with E-state index in [4.69, 9.17) is 9.25 Å². The molecule has 0 aliphatic carbocycles. The van der Waals surface area contributed by atoms with Crippen molar-refractivity contribution < 1.29 is 14.0 Å². The van der Waals surface area contributed by atoms with Crippen molar-refractivity contribution in [2.45, 2.75) is 12.8 Å². The predicted molar refractivity (Wildman–Crippen MR) is 69.9 cm³/mol. The number of hydrogen-bond donors (Lipinski definition) is 0. The average molecular weight is 258 g/mol. The molecule has 1 aliphatic rings. The number of rotatable bonds is 2. The molecule has 0 spiro atoms. The van der Waals surface area contributed by atoms with E-state index in [1.807, 2.05) is 24.3 Å². The van der Waals surface area contributed by atoms with Crippen LogP contribution in [0, 0.1) is 0 Å². The molecule has 2 heterocycles. The quantitative estimate of drug-likeness (QED) is 0.776. The fourth-order valence-electron chi connectivity index (χ4n) is 1.96. The Morgan fingerprint density at radius 1 is 1.32 bits per heavy atom. The van der Waals surface area contributed by atoms with Crippen molar-refractivity contribution in [1.82, 2.24) is 10.0 Å². The van der Waals surface area contributed by atoms with Crippen molar-refractivity contribution in [2.75, 3.05) is 13.2 Å². The lowest BCUT2D eigenvalue weighted by atomic mass is 10.3. The van der Waals surface area contributed by atoms with Crippen molar-refractivity contribution in [1.29, 1.82) is 0 Å². The molecule has 98 valence electrons. The third-order valence-electron chi connectivity index (χ3n) is 2.93. The summed E-state index contributed by atoms with van der Waals surface area (Å²) in [5.74, 6) is 0.244. The summed E-state index contributed by atoms with van der Waals surface area (Å²) >= 11 is 0. The summed E-state index contributed by atoms with van der Waals surface area (Å²) in [6, 6.07) is 7.49. The maximum atomic E-state index is 11.8. The second kappa shape index (κ2) is 5.24. The number of amides is 1. The molecule has 1 saturated heterocycles. The van der Waals surface area contributed by atoms with Crippen molar-refractivity contribution in [3.05, 3.63) is 36.2 Å². The number of hydroxylamine groups is 2. The zero-order chi connectivity index (χ0) is 13.1. The summed E-state index contributed by atoms with van der Waals surface area (Å²) in [6.07, 6.45) is 4.97. The number of para-hydroxylation sites is 2. The van der Waals surface area contributed by atoms with Gasteiger partial charge in [0.15, 0.2) is 5.58 Å². The van der Waals surface area contributed by atoms with Crippen molar-refractivity contribution in [3.8, 4) is 0 Å². The van der Waals surface area contributed by atoms with Crippen LogP contribution in [-0.4, -0.2) is 29.1 Å². The van der Waals surface area contributed by atoms with Gasteiger partial charge in [0.25, 0.3) is 5.91 Å². The van der Waals surface area contributed by atoms with Gasteiger partial charge in [-0.15, -0.1) is 0 Å². The maximum absolute atomic E-state index is 11.8. The smallest absolute Gasteiger partial charge is 0.270 e. The zero-order valence-electron chi connectivity index (χ0n) is 10.4. The number of oxazole rings is 1. The first-order valence-electron chi connectivity index (χ1n) is 6.31. The van der Waals surface area contributed by atoms with Gasteiger partial charge < -0.3 is 4.42 Å². The SMILES string of the molecule is O=C(/C=C/c1nc2ccccc2o1)N1CCCCO1. The molecule has 1 amide bonds. The Hall–Kier alpha value is -2.14. The van der Waals surface area contributed by atoms with Crippen LogP contribution in [0.3, 0.4) is 0 Å². The Labute approximate surface area is 110 Å². The van der Waals surface area contributed by atoms with E-state index in [1.54, 1.807) is 6.08 Å². The van der Waals surface area contributed by atoms with Gasteiger partial charge in [0.2, 0.25) is 5.89 Å². The zero-order valence-corrected chi connectivity index (χ0v) is 10.4. The molecular formula is C14H14N2O3. The van der Waals surface area contributed by atoms with Gasteiger partial charge in [0.05, 0.1) is 6.61 Å². The van der Waals surface area contributed by atoms with E-state index in [0.29, 0.717) is 24.6 Å². The Kier molecular flexibility index (Phi) is 3.29. The van der Waals surface area contributed by atoms with E-state index >= 15 is 0 Å². The first-order chi connectivity index (χ1) is 9.33. The molecule has 1 aliphatic heterocycles. The first kappa shape index (κ1) is 11.9. The Morgan fingerprint density at radius 2 is 2.21 bits per heavy atom. The molecule has 0 saturated carbocycles. The lowest BCUT2D eigenvalue weighted by Crippen LogP contribution is -2.34. The molecule has 0 radical (unpaired) electrons. The number of carbonyl (C=O) groups is 1. The number of carbonyl (C=O) groups excluding carboxylic acids is 1. The van der Waals surface area contributed by atoms with Crippen molar-refractivity contribution in [3.63, 3.8) is 0 Å². The average Bonchev–Trinajstić information content (AvgIpc) is 2.88. The molecule has 0 unspecified atom stereocenters. The summed E-state index contributed by atoms with van der Waals surface area (Å²) in [7, 11) is 0. The van der Waals surface area contributed by atoms with Crippen LogP contribution < -0.4 is 0 Å². The predicted octanol–water partition coefficient (Wildman–Crippen LogP) is 2.40. The molecule has 0 atom stereocenters. The molecule has 5 nitrogen and oxygen atoms in total. The number of nitrogens with zero attached hydrogens (tertiary/aromatic N) is 2. The minimum absolute atomic E-state index is 0.179. The highest BCUT2D eigenvalue weighted by molar-refractivity contribution is 5.90. The van der Waals surface area contributed by atoms with Gasteiger partial charge in [0, 0.05) is 18.7 Å². The monoisotopic (exact) mass is 258 g/mol. The molecule has 3 rings (SSSR count). The lowest BCUT2D eigenvalue weighted by Gasteiger charge is -2.24. The van der Waals surface area contributed by atoms with E-state index in [-0.39, 0.29) is 5.91 Å². The van der Waals surface area contributed by atoms with Gasteiger partial charge in [0.1, 0.15) is 5.52 Å². The fourth-order valence-corrected chi connectivity index (χ4v) is 1.96. The maximum Gasteiger partial charge on any atom is 0.270 e. The molecular weight excluding hydrogens is 244 g/mol. The summed E-state index contributed by atoms with van der Waals surface area (Å²) in [5, 5.41) is 1.38. The Morgan fingerprint density at radius 3 is 3.00 bits per heavy atom. The van der Waals surface area contributed by atoms with Gasteiger partial charge in [-0.1, -0.05) is 12.1 Å². The summed E-state index contributed by atoms with van der Waals surface area (Å²) in [4.78, 5) is 21.4. The van der Waals surface area contributed by atoms with Gasteiger partial charge in [-0.3, -0.25) is 9.63 Å². The van der Waals surface area contributed by atoms with Crippen LogP contribution in [0.2, 0.25) is 0 Å². The normalized spacial score (nSPS) is 16.3. The molecule has 0 N–H and O–H groups in total. The Balaban J connectivity index is 1.72. The highest BCUT2D eigenvalue weighted by Crippen LogP contribution is 2.15. The molecule has 19 heavy (non-hydrogen) atoms. The molecule has 1 aromatic carbocycles. The topological polar surface area (TPSA) is 55.6 Å². The van der Waals surface area contributed by atoms with E-state index in [2.05, 4.69) is 4.98 Å². The molecule has 0 bridgehead atoms. The molecule has 5 heteroatoms. The first-order valence-corrected chi connectivity index (χ1v) is 6.31. The molecule has 1 aromatic heterocycles. The number of hydrogen-bond acceptors (Lipinski definition) is 4. The van der Waals surface area contributed by atoms with E-state index in [1.165, 1.54) is 11.1 Å². The van der Waals surface area contributed by atoms with Gasteiger partial charge in [-0.25, -0.2) is 10.0 Å². The summed E-state index contributed by atoms with van der Waals surface area (Å²) in [6.45, 7) is 1.24. The standard InChI is InChI=1S/C14H14N2O3/c17-14(16-9-3-4-10-18-16)8-7-13-15-11-5-1-2-6-12(11)19-13/h1-2,5-8H,3-4,9-10H2/b8-7+. The van der Waals surface area contributed by atoms with E-state index in [9.17, 15) is 4.79 Å². The highest BCUT2D eigenvalue weighted by Gasteiger charge is 2.15. The van der Waals surface area contributed by atoms with Crippen LogP contribution in [0.5, 0.6) is 0 Å². The minimum atomic E-state index is -0.179. The van der Waals surface area contributed by atoms with Gasteiger partial charge in [-0.2, -0.15) is 0 Å². The second-order valence-corrected chi connectivity index (χ2v) is 4.33. The highest BCUT2D eigenvalue weighted by atomic mass is 16.7. The van der Waals surface area contributed by atoms with Crippen LogP contribution in [0.1, 0.15) is 18.7 Å². The number of aromatic nitrogens is 1. The number of benzene rings is 1. The minimum Gasteiger partial charge on any atom is -0.437 e. The van der Waals surface area contributed by atoms with Crippen LogP contribution >= 0.6 is 0 Å². The molecule has 2 aromatic rings. The lowest BCUT2D eigenvalue weighted by molar-refractivity contribution is -0.191. The summed E-state index contributed by atoms with van der Waals surface area (Å²) in [5.41, 5.74) is 1.49. The van der Waals surface area contributed by atoms with Gasteiger partial charge >= 0.3 is 0 Å². The largest absolute Gasteiger partial charge is 0.437 e. The van der Waals surface area contributed by atoms with Crippen LogP contribution in [0.25, 0.3) is 17.2 Å². The van der Waals surface area contributed by atoms with Crippen molar-refractivity contribution >= 4 is 23.1 Å². The van der Waals surface area contributed by atoms with Crippen LogP contribution in [-0.2, 0) is 9.63 Å². The Bertz CT molecular complexity index is 579. The third kappa shape index (κ3) is 2.66. The third-order valence-corrected chi connectivity index (χ3v) is 2.93. The van der Waals surface area contributed by atoms with Crippen LogP contribution in [0.4, 0.5) is 0 Å². The fraction of sp³-hybridized carbons (Fsp3) is 0.286. The van der Waals surface area contributed by atoms with Gasteiger partial charge in [-0.05, 0) is 25.0 Å². The summed E-state index contributed by atoms with van der Waals surface area (Å²) < 4.78 is 5.50. The van der Waals surface area contributed by atoms with E-state index in [0.717, 1.165) is 18.4 Å². The second-order valence-electron chi connectivity index (χ2n) is 4.33.